The molecule has 0 spiro atoms. The van der Waals surface area contributed by atoms with Gasteiger partial charge in [0.25, 0.3) is 0 Å². The smallest absolute Gasteiger partial charge is 0.126 e. The fraction of sp³-hybridized carbons (Fsp3) is 0.750. The summed E-state index contributed by atoms with van der Waals surface area (Å²) in [5.41, 5.74) is 1.01. The van der Waals surface area contributed by atoms with Gasteiger partial charge in [-0.15, -0.1) is 0 Å². The molecule has 1 saturated carbocycles. The molecule has 1 N–H and O–H groups in total. The molecule has 0 unspecified atom stereocenters. The van der Waals surface area contributed by atoms with Crippen molar-refractivity contribution in [1.82, 2.24) is 5.32 Å². The largest absolute Gasteiger partial charge is 0.383 e. The van der Waals surface area contributed by atoms with Gasteiger partial charge in [-0.1, -0.05) is 13.5 Å². The Hall–Kier alpha value is -0.530. The summed E-state index contributed by atoms with van der Waals surface area (Å²) in [4.78, 5) is 0. The molecule has 1 aliphatic heterocycles. The molecule has 0 bridgehead atoms. The van der Waals surface area contributed by atoms with Crippen molar-refractivity contribution in [3.63, 3.8) is 0 Å². The quantitative estimate of drug-likeness (QED) is 0.538. The van der Waals surface area contributed by atoms with Crippen LogP contribution < -0.4 is 5.32 Å². The lowest BCUT2D eigenvalue weighted by Crippen LogP contribution is -2.26. The minimum Gasteiger partial charge on any atom is -0.383 e. The van der Waals surface area contributed by atoms with Crippen molar-refractivity contribution in [2.45, 2.75) is 25.6 Å². The van der Waals surface area contributed by atoms with Crippen molar-refractivity contribution >= 4 is 0 Å². The van der Waals surface area contributed by atoms with E-state index in [1.54, 1.807) is 0 Å². The minimum absolute atomic E-state index is 0.108. The summed E-state index contributed by atoms with van der Waals surface area (Å²) >= 11 is 0. The van der Waals surface area contributed by atoms with Gasteiger partial charge < -0.3 is 5.32 Å². The molecule has 1 saturated heterocycles. The lowest BCUT2D eigenvalue weighted by Gasteiger charge is -2.19. The number of nitrogens with one attached hydrogen (secondary N) is 1. The van der Waals surface area contributed by atoms with Crippen LogP contribution in [0.2, 0.25) is 0 Å². The summed E-state index contributed by atoms with van der Waals surface area (Å²) in [5, 5.41) is 3.06. The average molecular weight is 141 g/mol. The number of hydrogen-bond donors (Lipinski definition) is 1. The van der Waals surface area contributed by atoms with Crippen molar-refractivity contribution in [1.29, 1.82) is 0 Å². The van der Waals surface area contributed by atoms with Crippen molar-refractivity contribution in [3.8, 4) is 0 Å². The van der Waals surface area contributed by atoms with Crippen LogP contribution in [0, 0.1) is 11.8 Å². The molecule has 10 heavy (non-hydrogen) atoms. The number of rotatable bonds is 0. The molecular formula is C8H12FN. The van der Waals surface area contributed by atoms with E-state index in [2.05, 4.69) is 18.8 Å². The maximum atomic E-state index is 12.8. The van der Waals surface area contributed by atoms with Crippen LogP contribution in [-0.2, 0) is 0 Å². The zero-order chi connectivity index (χ0) is 7.30. The van der Waals surface area contributed by atoms with Gasteiger partial charge in [-0.25, -0.2) is 4.39 Å². The topological polar surface area (TPSA) is 12.0 Å². The van der Waals surface area contributed by atoms with Crippen LogP contribution in [0.4, 0.5) is 4.39 Å². The monoisotopic (exact) mass is 141 g/mol. The third-order valence-corrected chi connectivity index (χ3v) is 2.58. The highest BCUT2D eigenvalue weighted by atomic mass is 19.1. The highest BCUT2D eigenvalue weighted by Gasteiger charge is 2.56. The van der Waals surface area contributed by atoms with E-state index in [4.69, 9.17) is 0 Å². The average Bonchev–Trinajstić information content (AvgIpc) is 2.42. The molecule has 2 aliphatic rings. The second-order valence-electron chi connectivity index (χ2n) is 3.48. The summed E-state index contributed by atoms with van der Waals surface area (Å²) in [7, 11) is 0. The molecule has 0 aromatic carbocycles. The Kier molecular flexibility index (Phi) is 1.08. The van der Waals surface area contributed by atoms with Crippen LogP contribution in [0.15, 0.2) is 12.3 Å². The van der Waals surface area contributed by atoms with Crippen LogP contribution in [-0.4, -0.2) is 12.2 Å². The summed E-state index contributed by atoms with van der Waals surface area (Å²) in [6.07, 6.45) is 0.343. The van der Waals surface area contributed by atoms with Gasteiger partial charge in [0.2, 0.25) is 0 Å². The van der Waals surface area contributed by atoms with E-state index in [9.17, 15) is 4.39 Å². The Labute approximate surface area is 60.3 Å². The van der Waals surface area contributed by atoms with Crippen LogP contribution in [0.3, 0.4) is 0 Å². The summed E-state index contributed by atoms with van der Waals surface area (Å²) in [6.45, 7) is 5.90. The first kappa shape index (κ1) is 6.20. The molecule has 56 valence electrons. The van der Waals surface area contributed by atoms with Gasteiger partial charge >= 0.3 is 0 Å². The Bertz CT molecular complexity index is 168. The summed E-state index contributed by atoms with van der Waals surface area (Å²) in [6, 6.07) is 0.108. The van der Waals surface area contributed by atoms with Gasteiger partial charge in [0.15, 0.2) is 0 Å². The Morgan fingerprint density at radius 1 is 1.70 bits per heavy atom. The molecule has 0 amide bonds. The van der Waals surface area contributed by atoms with Gasteiger partial charge in [-0.05, 0) is 12.3 Å². The van der Waals surface area contributed by atoms with Crippen molar-refractivity contribution in [2.24, 2.45) is 11.8 Å². The Morgan fingerprint density at radius 2 is 2.40 bits per heavy atom. The van der Waals surface area contributed by atoms with Gasteiger partial charge in [0.1, 0.15) is 6.17 Å². The van der Waals surface area contributed by atoms with Crippen molar-refractivity contribution in [2.75, 3.05) is 0 Å². The summed E-state index contributed by atoms with van der Waals surface area (Å²) in [5.74, 6) is 0.777. The molecule has 0 aromatic heterocycles. The van der Waals surface area contributed by atoms with E-state index >= 15 is 0 Å². The molecular weight excluding hydrogens is 129 g/mol. The van der Waals surface area contributed by atoms with Crippen molar-refractivity contribution < 1.29 is 4.39 Å². The molecule has 1 nitrogen and oxygen atoms in total. The van der Waals surface area contributed by atoms with E-state index in [1.165, 1.54) is 0 Å². The molecule has 2 heteroatoms. The first-order chi connectivity index (χ1) is 4.70. The van der Waals surface area contributed by atoms with E-state index in [-0.39, 0.29) is 12.0 Å². The van der Waals surface area contributed by atoms with Gasteiger partial charge in [-0.3, -0.25) is 0 Å². The third kappa shape index (κ3) is 0.678. The standard InChI is InChI=1S/C8H12FN/c1-4-3-5(2)10-8-6(4)7(8)9/h4,6-8,10H,2-3H2,1H3/t4-,6+,7-,8+/m0/s1. The molecule has 4 atom stereocenters. The van der Waals surface area contributed by atoms with Crippen molar-refractivity contribution in [3.05, 3.63) is 12.3 Å². The molecule has 1 heterocycles. The zero-order valence-corrected chi connectivity index (χ0v) is 6.10. The molecule has 2 rings (SSSR count). The van der Waals surface area contributed by atoms with Crippen LogP contribution >= 0.6 is 0 Å². The fourth-order valence-electron chi connectivity index (χ4n) is 1.96. The number of allylic oxidation sites excluding steroid dienone is 1. The number of halogens is 1. The third-order valence-electron chi connectivity index (χ3n) is 2.58. The SMILES string of the molecule is C=C1C[C@H](C)[C@@H]2[C@H](F)[C@@H]2N1. The second kappa shape index (κ2) is 1.74. The van der Waals surface area contributed by atoms with Crippen LogP contribution in [0.1, 0.15) is 13.3 Å². The highest BCUT2D eigenvalue weighted by molar-refractivity contribution is 5.17. The minimum atomic E-state index is -0.603. The first-order valence-electron chi connectivity index (χ1n) is 3.78. The normalized spacial score (nSPS) is 51.6. The van der Waals surface area contributed by atoms with Crippen LogP contribution in [0.25, 0.3) is 0 Å². The predicted octanol–water partition coefficient (Wildman–Crippen LogP) is 1.47. The predicted molar refractivity (Wildman–Crippen MR) is 38.2 cm³/mol. The maximum Gasteiger partial charge on any atom is 0.126 e. The maximum absolute atomic E-state index is 12.8. The lowest BCUT2D eigenvalue weighted by molar-refractivity contribution is 0.382. The summed E-state index contributed by atoms with van der Waals surface area (Å²) < 4.78 is 12.8. The Balaban J connectivity index is 2.09. The highest BCUT2D eigenvalue weighted by Crippen LogP contribution is 2.46. The second-order valence-corrected chi connectivity index (χ2v) is 3.48. The van der Waals surface area contributed by atoms with E-state index in [1.807, 2.05) is 0 Å². The Morgan fingerprint density at radius 3 is 3.00 bits per heavy atom. The van der Waals surface area contributed by atoms with E-state index in [0.717, 1.165) is 12.1 Å². The first-order valence-corrected chi connectivity index (χ1v) is 3.78. The van der Waals surface area contributed by atoms with Gasteiger partial charge in [-0.2, -0.15) is 0 Å². The van der Waals surface area contributed by atoms with E-state index in [0.29, 0.717) is 5.92 Å². The molecule has 0 aromatic rings. The molecule has 1 aliphatic carbocycles. The number of hydrogen-bond acceptors (Lipinski definition) is 1. The fourth-order valence-corrected chi connectivity index (χ4v) is 1.96. The zero-order valence-electron chi connectivity index (χ0n) is 6.10. The lowest BCUT2D eigenvalue weighted by atomic mass is 9.97. The number of fused-ring (bicyclic) bond motifs is 1. The van der Waals surface area contributed by atoms with E-state index < -0.39 is 6.17 Å². The molecule has 2 fully saturated rings. The molecule has 0 radical (unpaired) electrons. The van der Waals surface area contributed by atoms with Gasteiger partial charge in [0.05, 0.1) is 6.04 Å². The van der Waals surface area contributed by atoms with Gasteiger partial charge in [0, 0.05) is 11.6 Å². The van der Waals surface area contributed by atoms with Crippen LogP contribution in [0.5, 0.6) is 0 Å². The number of piperidine rings is 1. The number of alkyl halides is 1.